The number of benzene rings is 1. The molecule has 32 heavy (non-hydrogen) atoms. The number of piperidine rings is 1. The standard InChI is InChI=1S/C25H34N4O2S/c1-2-23-26-22(19-32-23)18-27-14-16-29(17-15-27)25(31)21-10-12-28(13-11-21)24(30)9-8-20-6-4-3-5-7-20/h3-7,19,21H,2,8-18H2,1H3. The fraction of sp³-hybridized carbons (Fsp3) is 0.560. The zero-order chi connectivity index (χ0) is 22.3. The van der Waals surface area contributed by atoms with Crippen LogP contribution in [0.3, 0.4) is 0 Å². The molecule has 0 saturated carbocycles. The second kappa shape index (κ2) is 11.1. The van der Waals surface area contributed by atoms with Crippen molar-refractivity contribution in [1.29, 1.82) is 0 Å². The van der Waals surface area contributed by atoms with Gasteiger partial charge in [-0.25, -0.2) is 4.98 Å². The summed E-state index contributed by atoms with van der Waals surface area (Å²) in [6.07, 6.45) is 3.89. The Bertz CT molecular complexity index is 884. The van der Waals surface area contributed by atoms with Gasteiger partial charge in [0.25, 0.3) is 0 Å². The molecule has 7 heteroatoms. The van der Waals surface area contributed by atoms with Crippen LogP contribution in [0.5, 0.6) is 0 Å². The molecule has 2 saturated heterocycles. The highest BCUT2D eigenvalue weighted by molar-refractivity contribution is 7.09. The number of hydrogen-bond donors (Lipinski definition) is 0. The zero-order valence-corrected chi connectivity index (χ0v) is 19.9. The molecule has 0 bridgehead atoms. The molecular weight excluding hydrogens is 420 g/mol. The molecule has 6 nitrogen and oxygen atoms in total. The van der Waals surface area contributed by atoms with Gasteiger partial charge in [0, 0.05) is 63.5 Å². The first-order valence-corrected chi connectivity index (χ1v) is 12.8. The third-order valence-corrected chi connectivity index (χ3v) is 7.68. The van der Waals surface area contributed by atoms with Gasteiger partial charge < -0.3 is 9.80 Å². The maximum atomic E-state index is 13.0. The molecule has 2 aromatic rings. The summed E-state index contributed by atoms with van der Waals surface area (Å²) in [5, 5.41) is 3.35. The quantitative estimate of drug-likeness (QED) is 0.645. The normalized spacial score (nSPS) is 18.2. The Hall–Kier alpha value is -2.25. The average Bonchev–Trinajstić information content (AvgIpc) is 3.31. The van der Waals surface area contributed by atoms with Crippen LogP contribution in [0.4, 0.5) is 0 Å². The smallest absolute Gasteiger partial charge is 0.225 e. The Labute approximate surface area is 195 Å². The van der Waals surface area contributed by atoms with E-state index >= 15 is 0 Å². The summed E-state index contributed by atoms with van der Waals surface area (Å²) >= 11 is 1.74. The maximum Gasteiger partial charge on any atom is 0.225 e. The van der Waals surface area contributed by atoms with Crippen molar-refractivity contribution in [2.45, 2.75) is 45.6 Å². The first-order chi connectivity index (χ1) is 15.6. The van der Waals surface area contributed by atoms with E-state index in [4.69, 9.17) is 0 Å². The number of amides is 2. The van der Waals surface area contributed by atoms with E-state index in [1.807, 2.05) is 28.0 Å². The van der Waals surface area contributed by atoms with Gasteiger partial charge >= 0.3 is 0 Å². The summed E-state index contributed by atoms with van der Waals surface area (Å²) in [5.74, 6) is 0.551. The van der Waals surface area contributed by atoms with Gasteiger partial charge in [-0.15, -0.1) is 11.3 Å². The van der Waals surface area contributed by atoms with Crippen LogP contribution in [-0.2, 0) is 29.0 Å². The monoisotopic (exact) mass is 454 g/mol. The molecule has 1 aromatic heterocycles. The predicted octanol–water partition coefficient (Wildman–Crippen LogP) is 3.22. The van der Waals surface area contributed by atoms with Gasteiger partial charge in [0.15, 0.2) is 0 Å². The molecule has 0 spiro atoms. The van der Waals surface area contributed by atoms with E-state index in [1.165, 1.54) is 10.6 Å². The van der Waals surface area contributed by atoms with Crippen LogP contribution in [0.15, 0.2) is 35.7 Å². The zero-order valence-electron chi connectivity index (χ0n) is 19.0. The fourth-order valence-electron chi connectivity index (χ4n) is 4.63. The van der Waals surface area contributed by atoms with Crippen molar-refractivity contribution in [3.63, 3.8) is 0 Å². The number of piperazine rings is 1. The summed E-state index contributed by atoms with van der Waals surface area (Å²) in [5.41, 5.74) is 2.35. The highest BCUT2D eigenvalue weighted by atomic mass is 32.1. The largest absolute Gasteiger partial charge is 0.343 e. The molecule has 0 aliphatic carbocycles. The third-order valence-electron chi connectivity index (χ3n) is 6.64. The second-order valence-corrected chi connectivity index (χ2v) is 9.77. The number of nitrogens with zero attached hydrogens (tertiary/aromatic N) is 4. The molecule has 172 valence electrons. The second-order valence-electron chi connectivity index (χ2n) is 8.83. The Morgan fingerprint density at radius 3 is 2.38 bits per heavy atom. The van der Waals surface area contributed by atoms with Gasteiger partial charge in [0.2, 0.25) is 11.8 Å². The van der Waals surface area contributed by atoms with Gasteiger partial charge in [-0.05, 0) is 31.2 Å². The summed E-state index contributed by atoms with van der Waals surface area (Å²) in [6, 6.07) is 10.2. The van der Waals surface area contributed by atoms with Crippen LogP contribution in [0.2, 0.25) is 0 Å². The molecule has 0 atom stereocenters. The van der Waals surface area contributed by atoms with Gasteiger partial charge in [-0.2, -0.15) is 0 Å². The summed E-state index contributed by atoms with van der Waals surface area (Å²) in [6.45, 7) is 7.81. The third kappa shape index (κ3) is 5.95. The lowest BCUT2D eigenvalue weighted by Gasteiger charge is -2.38. The van der Waals surface area contributed by atoms with Gasteiger partial charge in [0.05, 0.1) is 10.7 Å². The van der Waals surface area contributed by atoms with Crippen molar-refractivity contribution in [2.24, 2.45) is 5.92 Å². The number of likely N-dealkylation sites (tertiary alicyclic amines) is 1. The maximum absolute atomic E-state index is 13.0. The van der Waals surface area contributed by atoms with Crippen LogP contribution in [-0.4, -0.2) is 70.8 Å². The van der Waals surface area contributed by atoms with Crippen molar-refractivity contribution in [1.82, 2.24) is 19.7 Å². The summed E-state index contributed by atoms with van der Waals surface area (Å²) in [4.78, 5) is 36.7. The molecule has 2 aliphatic rings. The van der Waals surface area contributed by atoms with Crippen LogP contribution in [0.1, 0.15) is 42.5 Å². The molecule has 4 rings (SSSR count). The lowest BCUT2D eigenvalue weighted by Crippen LogP contribution is -2.51. The molecule has 0 N–H and O–H groups in total. The van der Waals surface area contributed by atoms with E-state index in [0.29, 0.717) is 19.5 Å². The minimum absolute atomic E-state index is 0.0605. The first-order valence-electron chi connectivity index (χ1n) is 11.9. The van der Waals surface area contributed by atoms with E-state index in [0.717, 1.165) is 64.1 Å². The van der Waals surface area contributed by atoms with E-state index in [9.17, 15) is 9.59 Å². The lowest BCUT2D eigenvalue weighted by atomic mass is 9.94. The molecule has 0 unspecified atom stereocenters. The molecule has 0 radical (unpaired) electrons. The number of hydrogen-bond acceptors (Lipinski definition) is 5. The van der Waals surface area contributed by atoms with E-state index in [-0.39, 0.29) is 17.7 Å². The number of aryl methyl sites for hydroxylation is 2. The van der Waals surface area contributed by atoms with E-state index < -0.39 is 0 Å². The Morgan fingerprint density at radius 2 is 1.72 bits per heavy atom. The summed E-state index contributed by atoms with van der Waals surface area (Å²) in [7, 11) is 0. The van der Waals surface area contributed by atoms with Gasteiger partial charge in [0.1, 0.15) is 0 Å². The van der Waals surface area contributed by atoms with E-state index in [2.05, 4.69) is 34.3 Å². The Balaban J connectivity index is 1.17. The molecule has 2 aliphatic heterocycles. The number of carbonyl (C=O) groups excluding carboxylic acids is 2. The first kappa shape index (κ1) is 22.9. The highest BCUT2D eigenvalue weighted by Gasteiger charge is 2.31. The molecular formula is C25H34N4O2S. The minimum atomic E-state index is 0.0605. The van der Waals surface area contributed by atoms with Crippen LogP contribution in [0.25, 0.3) is 0 Å². The molecule has 2 amide bonds. The van der Waals surface area contributed by atoms with Crippen molar-refractivity contribution in [2.75, 3.05) is 39.3 Å². The van der Waals surface area contributed by atoms with Crippen LogP contribution < -0.4 is 0 Å². The van der Waals surface area contributed by atoms with Crippen molar-refractivity contribution in [3.05, 3.63) is 52.0 Å². The van der Waals surface area contributed by atoms with Crippen molar-refractivity contribution in [3.8, 4) is 0 Å². The Morgan fingerprint density at radius 1 is 1.00 bits per heavy atom. The van der Waals surface area contributed by atoms with E-state index in [1.54, 1.807) is 11.3 Å². The van der Waals surface area contributed by atoms with Crippen LogP contribution >= 0.6 is 11.3 Å². The summed E-state index contributed by atoms with van der Waals surface area (Å²) < 4.78 is 0. The number of thiazole rings is 1. The SMILES string of the molecule is CCc1nc(CN2CCN(C(=O)C3CCN(C(=O)CCc4ccccc4)CC3)CC2)cs1. The lowest BCUT2D eigenvalue weighted by molar-refractivity contribution is -0.142. The Kier molecular flexibility index (Phi) is 7.92. The van der Waals surface area contributed by atoms with Crippen LogP contribution in [0, 0.1) is 5.92 Å². The topological polar surface area (TPSA) is 56.8 Å². The van der Waals surface area contributed by atoms with Gasteiger partial charge in [-0.3, -0.25) is 14.5 Å². The van der Waals surface area contributed by atoms with Crippen molar-refractivity contribution >= 4 is 23.2 Å². The number of aromatic nitrogens is 1. The fourth-order valence-corrected chi connectivity index (χ4v) is 5.36. The predicted molar refractivity (Wildman–Crippen MR) is 127 cm³/mol. The molecule has 3 heterocycles. The number of carbonyl (C=O) groups is 2. The number of rotatable bonds is 7. The highest BCUT2D eigenvalue weighted by Crippen LogP contribution is 2.22. The molecule has 2 fully saturated rings. The molecule has 1 aromatic carbocycles. The minimum Gasteiger partial charge on any atom is -0.343 e. The van der Waals surface area contributed by atoms with Crippen molar-refractivity contribution < 1.29 is 9.59 Å². The average molecular weight is 455 g/mol. The van der Waals surface area contributed by atoms with Gasteiger partial charge in [-0.1, -0.05) is 37.3 Å².